The fourth-order valence-corrected chi connectivity index (χ4v) is 3.88. The van der Waals surface area contributed by atoms with Crippen molar-refractivity contribution in [1.82, 2.24) is 30.2 Å². The van der Waals surface area contributed by atoms with Crippen LogP contribution in [0.1, 0.15) is 10.4 Å². The monoisotopic (exact) mass is 443 g/mol. The van der Waals surface area contributed by atoms with Crippen molar-refractivity contribution in [3.63, 3.8) is 0 Å². The van der Waals surface area contributed by atoms with E-state index in [0.29, 0.717) is 22.0 Å². The lowest BCUT2D eigenvalue weighted by Crippen LogP contribution is -2.16. The molecule has 4 aromatic rings. The van der Waals surface area contributed by atoms with Crippen LogP contribution in [0, 0.1) is 0 Å². The van der Waals surface area contributed by atoms with E-state index >= 15 is 0 Å². The number of benzene rings is 2. The number of carbonyl (C=O) groups excluding carboxylic acids is 1. The van der Waals surface area contributed by atoms with Crippen LogP contribution in [0.2, 0.25) is 5.02 Å². The molecule has 2 aromatic heterocycles. The number of rotatable bonds is 4. The summed E-state index contributed by atoms with van der Waals surface area (Å²) in [6, 6.07) is 7.77. The molecule has 4 rings (SSSR count). The maximum absolute atomic E-state index is 12.9. The van der Waals surface area contributed by atoms with Gasteiger partial charge in [-0.1, -0.05) is 28.8 Å². The van der Waals surface area contributed by atoms with Crippen LogP contribution in [0.3, 0.4) is 0 Å². The summed E-state index contributed by atoms with van der Waals surface area (Å²) >= 11 is 6.63. The lowest BCUT2D eigenvalue weighted by molar-refractivity contribution is 0.102. The van der Waals surface area contributed by atoms with Crippen LogP contribution in [0.5, 0.6) is 0 Å². The van der Waals surface area contributed by atoms with Crippen LogP contribution in [0.4, 0.5) is 5.95 Å². The quantitative estimate of drug-likeness (QED) is 0.507. The summed E-state index contributed by atoms with van der Waals surface area (Å²) in [6.45, 7) is 0. The Balaban J connectivity index is 1.88. The van der Waals surface area contributed by atoms with Crippen molar-refractivity contribution in [2.24, 2.45) is 7.05 Å². The molecule has 1 N–H and O–H groups in total. The van der Waals surface area contributed by atoms with E-state index in [9.17, 15) is 13.2 Å². The minimum atomic E-state index is -3.35. The summed E-state index contributed by atoms with van der Waals surface area (Å²) in [6.07, 6.45) is 4.07. The maximum Gasteiger partial charge on any atom is 0.259 e. The van der Waals surface area contributed by atoms with Crippen LogP contribution in [0.15, 0.2) is 47.8 Å². The molecule has 0 bridgehead atoms. The molecule has 0 saturated carbocycles. The Morgan fingerprint density at radius 1 is 1.20 bits per heavy atom. The van der Waals surface area contributed by atoms with E-state index < -0.39 is 15.7 Å². The van der Waals surface area contributed by atoms with Crippen LogP contribution in [-0.4, -0.2) is 50.8 Å². The number of nitrogens with zero attached hydrogens (tertiary/aromatic N) is 6. The summed E-state index contributed by atoms with van der Waals surface area (Å²) < 4.78 is 24.8. The molecule has 0 saturated heterocycles. The standard InChI is InChI=1S/C18H14ClN7O3S/c1-26-18(23-24-25-26)22-17(27)13-7-11-8-20-9-21-16(11)14(15(13)19)10-3-5-12(6-4-10)30(2,28)29/h3-9H,1-2H3,(H,22,23,25,27). The Bertz CT molecular complexity index is 1380. The van der Waals surface area contributed by atoms with Gasteiger partial charge in [0.25, 0.3) is 5.91 Å². The van der Waals surface area contributed by atoms with Crippen molar-refractivity contribution in [2.45, 2.75) is 4.90 Å². The van der Waals surface area contributed by atoms with Crippen molar-refractivity contribution in [1.29, 1.82) is 0 Å². The van der Waals surface area contributed by atoms with Gasteiger partial charge < -0.3 is 0 Å². The molecule has 0 unspecified atom stereocenters. The van der Waals surface area contributed by atoms with E-state index in [-0.39, 0.29) is 21.4 Å². The largest absolute Gasteiger partial charge is 0.289 e. The number of amides is 1. The van der Waals surface area contributed by atoms with E-state index in [1.807, 2.05) is 0 Å². The third kappa shape index (κ3) is 3.60. The number of nitrogens with one attached hydrogen (secondary N) is 1. The van der Waals surface area contributed by atoms with E-state index in [1.54, 1.807) is 31.4 Å². The maximum atomic E-state index is 12.9. The Hall–Kier alpha value is -3.44. The summed E-state index contributed by atoms with van der Waals surface area (Å²) in [4.78, 5) is 21.4. The second kappa shape index (κ2) is 7.43. The summed E-state index contributed by atoms with van der Waals surface area (Å²) in [5, 5.41) is 14.2. The van der Waals surface area contributed by atoms with Gasteiger partial charge in [0.05, 0.1) is 21.0 Å². The number of aromatic nitrogens is 6. The number of halogens is 1. The fourth-order valence-electron chi connectivity index (χ4n) is 2.91. The minimum Gasteiger partial charge on any atom is -0.289 e. The Morgan fingerprint density at radius 3 is 2.57 bits per heavy atom. The molecule has 0 spiro atoms. The first-order valence-electron chi connectivity index (χ1n) is 8.52. The summed E-state index contributed by atoms with van der Waals surface area (Å²) in [7, 11) is -1.77. The summed E-state index contributed by atoms with van der Waals surface area (Å²) in [5.74, 6) is -0.364. The molecule has 2 heterocycles. The third-order valence-electron chi connectivity index (χ3n) is 4.39. The number of hydrogen-bond donors (Lipinski definition) is 1. The van der Waals surface area contributed by atoms with Crippen LogP contribution in [0.25, 0.3) is 22.0 Å². The van der Waals surface area contributed by atoms with Gasteiger partial charge in [-0.3, -0.25) is 10.1 Å². The van der Waals surface area contributed by atoms with E-state index in [1.165, 1.54) is 23.1 Å². The SMILES string of the molecule is Cn1nnnc1NC(=O)c1cc2cncnc2c(-c2ccc(S(C)(=O)=O)cc2)c1Cl. The first-order chi connectivity index (χ1) is 14.3. The highest BCUT2D eigenvalue weighted by Crippen LogP contribution is 2.37. The molecule has 0 fully saturated rings. The van der Waals surface area contributed by atoms with Gasteiger partial charge >= 0.3 is 0 Å². The third-order valence-corrected chi connectivity index (χ3v) is 5.92. The second-order valence-corrected chi connectivity index (χ2v) is 8.84. The predicted octanol–water partition coefficient (Wildman–Crippen LogP) is 2.13. The highest BCUT2D eigenvalue weighted by atomic mass is 35.5. The minimum absolute atomic E-state index is 0.152. The number of sulfone groups is 1. The molecule has 0 aliphatic carbocycles. The Labute approximate surface area is 175 Å². The average molecular weight is 444 g/mol. The van der Waals surface area contributed by atoms with Gasteiger partial charge in [0, 0.05) is 30.4 Å². The van der Waals surface area contributed by atoms with Gasteiger partial charge in [-0.2, -0.15) is 0 Å². The van der Waals surface area contributed by atoms with E-state index in [4.69, 9.17) is 11.6 Å². The molecule has 0 aliphatic rings. The predicted molar refractivity (Wildman–Crippen MR) is 110 cm³/mol. The highest BCUT2D eigenvalue weighted by molar-refractivity contribution is 7.90. The molecule has 1 amide bonds. The van der Waals surface area contributed by atoms with Crippen LogP contribution < -0.4 is 5.32 Å². The molecule has 2 aromatic carbocycles. The molecule has 10 nitrogen and oxygen atoms in total. The lowest BCUT2D eigenvalue weighted by atomic mass is 9.99. The Morgan fingerprint density at radius 2 is 1.93 bits per heavy atom. The first kappa shape index (κ1) is 19.9. The molecule has 0 atom stereocenters. The lowest BCUT2D eigenvalue weighted by Gasteiger charge is -2.13. The normalized spacial score (nSPS) is 11.6. The smallest absolute Gasteiger partial charge is 0.259 e. The average Bonchev–Trinajstić information content (AvgIpc) is 3.11. The fraction of sp³-hybridized carbons (Fsp3) is 0.111. The van der Waals surface area contributed by atoms with E-state index in [2.05, 4.69) is 30.8 Å². The van der Waals surface area contributed by atoms with Crippen LogP contribution >= 0.6 is 11.6 Å². The van der Waals surface area contributed by atoms with Crippen molar-refractivity contribution >= 4 is 44.2 Å². The molecular formula is C18H14ClN7O3S. The second-order valence-electron chi connectivity index (χ2n) is 6.45. The number of fused-ring (bicyclic) bond motifs is 1. The zero-order chi connectivity index (χ0) is 21.5. The number of hydrogen-bond acceptors (Lipinski definition) is 8. The summed E-state index contributed by atoms with van der Waals surface area (Å²) in [5.41, 5.74) is 1.78. The zero-order valence-electron chi connectivity index (χ0n) is 15.7. The van der Waals surface area contributed by atoms with Crippen LogP contribution in [-0.2, 0) is 16.9 Å². The number of tetrazole rings is 1. The van der Waals surface area contributed by atoms with Gasteiger partial charge in [0.15, 0.2) is 9.84 Å². The molecule has 12 heteroatoms. The van der Waals surface area contributed by atoms with Gasteiger partial charge in [0.2, 0.25) is 5.95 Å². The highest BCUT2D eigenvalue weighted by Gasteiger charge is 2.21. The number of aryl methyl sites for hydroxylation is 1. The van der Waals surface area contributed by atoms with Crippen molar-refractivity contribution < 1.29 is 13.2 Å². The van der Waals surface area contributed by atoms with Gasteiger partial charge in [-0.25, -0.2) is 23.1 Å². The van der Waals surface area contributed by atoms with Gasteiger partial charge in [0.1, 0.15) is 6.33 Å². The Kier molecular flexibility index (Phi) is 4.92. The van der Waals surface area contributed by atoms with Crippen molar-refractivity contribution in [2.75, 3.05) is 11.6 Å². The first-order valence-corrected chi connectivity index (χ1v) is 10.8. The van der Waals surface area contributed by atoms with Crippen molar-refractivity contribution in [3.8, 4) is 11.1 Å². The van der Waals surface area contributed by atoms with Gasteiger partial charge in [-0.05, 0) is 34.2 Å². The molecule has 152 valence electrons. The topological polar surface area (TPSA) is 133 Å². The van der Waals surface area contributed by atoms with Gasteiger partial charge in [-0.15, -0.1) is 0 Å². The van der Waals surface area contributed by atoms with E-state index in [0.717, 1.165) is 6.26 Å². The molecule has 0 aliphatic heterocycles. The molecule has 30 heavy (non-hydrogen) atoms. The van der Waals surface area contributed by atoms with Crippen molar-refractivity contribution in [3.05, 3.63) is 53.4 Å². The number of anilines is 1. The zero-order valence-corrected chi connectivity index (χ0v) is 17.3. The molecular weight excluding hydrogens is 430 g/mol. The molecule has 0 radical (unpaired) electrons. The number of carbonyl (C=O) groups is 1.